The number of hydrogen-bond donors (Lipinski definition) is 2. The first-order chi connectivity index (χ1) is 13.8. The normalized spacial score (nSPS) is 16.8. The van der Waals surface area contributed by atoms with E-state index in [1.54, 1.807) is 14.2 Å². The number of hydrogen-bond acceptors (Lipinski definition) is 3. The molecule has 4 heteroatoms. The van der Waals surface area contributed by atoms with Crippen LogP contribution >= 0.6 is 0 Å². The van der Waals surface area contributed by atoms with E-state index in [1.807, 2.05) is 12.3 Å². The summed E-state index contributed by atoms with van der Waals surface area (Å²) in [7, 11) is 3.42. The summed E-state index contributed by atoms with van der Waals surface area (Å²) >= 11 is 0. The average Bonchev–Trinajstić information content (AvgIpc) is 3.22. The molecule has 2 heterocycles. The molecule has 0 bridgehead atoms. The topological polar surface area (TPSA) is 46.3 Å². The van der Waals surface area contributed by atoms with Gasteiger partial charge in [0, 0.05) is 41.3 Å². The summed E-state index contributed by atoms with van der Waals surface area (Å²) in [5.41, 5.74) is 5.12. The lowest BCUT2D eigenvalue weighted by Crippen LogP contribution is -2.32. The Balaban J connectivity index is 1.44. The van der Waals surface area contributed by atoms with Gasteiger partial charge in [0.05, 0.1) is 14.2 Å². The van der Waals surface area contributed by atoms with E-state index in [0.717, 1.165) is 49.2 Å². The molecule has 1 aromatic heterocycles. The fourth-order valence-electron chi connectivity index (χ4n) is 4.24. The van der Waals surface area contributed by atoms with Crippen LogP contribution in [0.1, 0.15) is 30.4 Å². The van der Waals surface area contributed by atoms with E-state index in [2.05, 4.69) is 52.8 Å². The molecule has 2 N–H and O–H groups in total. The molecular formula is C24H28N2O2. The molecule has 1 aliphatic rings. The smallest absolute Gasteiger partial charge is 0.164 e. The van der Waals surface area contributed by atoms with E-state index < -0.39 is 0 Å². The number of H-pyrrole nitrogens is 1. The Bertz CT molecular complexity index is 959. The summed E-state index contributed by atoms with van der Waals surface area (Å²) < 4.78 is 11.2. The number of rotatable bonds is 7. The van der Waals surface area contributed by atoms with Crippen LogP contribution in [0.15, 0.2) is 54.7 Å². The van der Waals surface area contributed by atoms with Crippen molar-refractivity contribution in [2.45, 2.75) is 31.7 Å². The molecule has 1 unspecified atom stereocenters. The molecule has 0 saturated heterocycles. The van der Waals surface area contributed by atoms with Crippen molar-refractivity contribution in [1.82, 2.24) is 10.3 Å². The van der Waals surface area contributed by atoms with Crippen molar-refractivity contribution in [1.29, 1.82) is 0 Å². The number of aromatic amines is 1. The van der Waals surface area contributed by atoms with Crippen LogP contribution in [0.4, 0.5) is 0 Å². The molecule has 1 atom stereocenters. The van der Waals surface area contributed by atoms with Crippen molar-refractivity contribution in [3.05, 3.63) is 65.9 Å². The van der Waals surface area contributed by atoms with Crippen LogP contribution in [0, 0.1) is 0 Å². The molecule has 28 heavy (non-hydrogen) atoms. The monoisotopic (exact) mass is 376 g/mol. The maximum atomic E-state index is 5.70. The second kappa shape index (κ2) is 8.53. The Hall–Kier alpha value is -2.72. The molecule has 146 valence electrons. The van der Waals surface area contributed by atoms with Gasteiger partial charge in [-0.25, -0.2) is 0 Å². The minimum absolute atomic E-state index is 0.513. The summed E-state index contributed by atoms with van der Waals surface area (Å²) in [6, 6.07) is 15.4. The molecule has 0 aliphatic carbocycles. The van der Waals surface area contributed by atoms with E-state index in [-0.39, 0.29) is 0 Å². The Morgan fingerprint density at radius 1 is 1.07 bits per heavy atom. The molecule has 0 fully saturated rings. The zero-order chi connectivity index (χ0) is 19.3. The van der Waals surface area contributed by atoms with Gasteiger partial charge < -0.3 is 19.8 Å². The third kappa shape index (κ3) is 3.78. The van der Waals surface area contributed by atoms with E-state index in [0.29, 0.717) is 6.04 Å². The third-order valence-corrected chi connectivity index (χ3v) is 5.65. The largest absolute Gasteiger partial charge is 0.493 e. The standard InChI is InChI=1S/C24H28N2O2/c1-27-23-16-22-20(12-14-26-22)21(24(23)28-2)10-6-9-19-15-18(11-13-25-19)17-7-4-3-5-8-17/h3-5,7-8,11-12,14,16,19,25-26H,6,9-10,13,15H2,1-2H3. The summed E-state index contributed by atoms with van der Waals surface area (Å²) in [6.07, 6.45) is 8.59. The van der Waals surface area contributed by atoms with Gasteiger partial charge in [0.2, 0.25) is 0 Å². The SMILES string of the molecule is COc1cc2[nH]ccc2c(CCCC2CC(c3ccccc3)=CCN2)c1OC. The van der Waals surface area contributed by atoms with Gasteiger partial charge in [-0.15, -0.1) is 0 Å². The zero-order valence-electron chi connectivity index (χ0n) is 16.6. The second-order valence-corrected chi connectivity index (χ2v) is 7.33. The van der Waals surface area contributed by atoms with Gasteiger partial charge in [-0.05, 0) is 42.9 Å². The fraction of sp³-hybridized carbons (Fsp3) is 0.333. The van der Waals surface area contributed by atoms with Gasteiger partial charge in [0.25, 0.3) is 0 Å². The summed E-state index contributed by atoms with van der Waals surface area (Å²) in [6.45, 7) is 0.944. The van der Waals surface area contributed by atoms with Crippen LogP contribution in [0.2, 0.25) is 0 Å². The van der Waals surface area contributed by atoms with Crippen molar-refractivity contribution in [3.63, 3.8) is 0 Å². The summed E-state index contributed by atoms with van der Waals surface area (Å²) in [5, 5.41) is 4.87. The predicted octanol–water partition coefficient (Wildman–Crippen LogP) is 4.95. The summed E-state index contributed by atoms with van der Waals surface area (Å²) in [5.74, 6) is 1.65. The molecule has 0 radical (unpaired) electrons. The minimum Gasteiger partial charge on any atom is -0.493 e. The molecule has 2 aromatic carbocycles. The number of methoxy groups -OCH3 is 2. The van der Waals surface area contributed by atoms with E-state index in [9.17, 15) is 0 Å². The fourth-order valence-corrected chi connectivity index (χ4v) is 4.24. The maximum Gasteiger partial charge on any atom is 0.164 e. The van der Waals surface area contributed by atoms with Gasteiger partial charge >= 0.3 is 0 Å². The molecule has 3 aromatic rings. The number of aromatic nitrogens is 1. The van der Waals surface area contributed by atoms with E-state index in [1.165, 1.54) is 22.1 Å². The lowest BCUT2D eigenvalue weighted by atomic mass is 9.92. The average molecular weight is 377 g/mol. The Labute approximate surface area is 166 Å². The Morgan fingerprint density at radius 2 is 1.93 bits per heavy atom. The van der Waals surface area contributed by atoms with Crippen LogP contribution in [-0.4, -0.2) is 31.8 Å². The first-order valence-electron chi connectivity index (χ1n) is 9.99. The quantitative estimate of drug-likeness (QED) is 0.613. The molecule has 1 aliphatic heterocycles. The Kier molecular flexibility index (Phi) is 5.68. The van der Waals surface area contributed by atoms with Crippen molar-refractivity contribution in [3.8, 4) is 11.5 Å². The third-order valence-electron chi connectivity index (χ3n) is 5.65. The highest BCUT2D eigenvalue weighted by molar-refractivity contribution is 5.87. The molecule has 0 amide bonds. The van der Waals surface area contributed by atoms with E-state index in [4.69, 9.17) is 9.47 Å². The molecular weight excluding hydrogens is 348 g/mol. The first kappa shape index (κ1) is 18.6. The number of nitrogens with one attached hydrogen (secondary N) is 2. The van der Waals surface area contributed by atoms with Gasteiger partial charge in [-0.2, -0.15) is 0 Å². The zero-order valence-corrected chi connectivity index (χ0v) is 16.6. The van der Waals surface area contributed by atoms with Gasteiger partial charge in [0.1, 0.15) is 0 Å². The molecule has 0 spiro atoms. The van der Waals surface area contributed by atoms with Crippen molar-refractivity contribution < 1.29 is 9.47 Å². The number of fused-ring (bicyclic) bond motifs is 1. The van der Waals surface area contributed by atoms with E-state index >= 15 is 0 Å². The van der Waals surface area contributed by atoms with Crippen LogP contribution in [0.3, 0.4) is 0 Å². The number of aryl methyl sites for hydroxylation is 1. The highest BCUT2D eigenvalue weighted by Crippen LogP contribution is 2.38. The maximum absolute atomic E-state index is 5.70. The lowest BCUT2D eigenvalue weighted by Gasteiger charge is -2.25. The highest BCUT2D eigenvalue weighted by Gasteiger charge is 2.18. The van der Waals surface area contributed by atoms with Crippen molar-refractivity contribution >= 4 is 16.5 Å². The Morgan fingerprint density at radius 3 is 2.71 bits per heavy atom. The lowest BCUT2D eigenvalue weighted by molar-refractivity contribution is 0.352. The molecule has 0 saturated carbocycles. The highest BCUT2D eigenvalue weighted by atomic mass is 16.5. The van der Waals surface area contributed by atoms with Gasteiger partial charge in [-0.3, -0.25) is 0 Å². The summed E-state index contributed by atoms with van der Waals surface area (Å²) in [4.78, 5) is 3.29. The van der Waals surface area contributed by atoms with Gasteiger partial charge in [0.15, 0.2) is 11.5 Å². The van der Waals surface area contributed by atoms with Crippen molar-refractivity contribution in [2.24, 2.45) is 0 Å². The minimum atomic E-state index is 0.513. The van der Waals surface area contributed by atoms with Crippen molar-refractivity contribution in [2.75, 3.05) is 20.8 Å². The van der Waals surface area contributed by atoms with Crippen LogP contribution < -0.4 is 14.8 Å². The van der Waals surface area contributed by atoms with Crippen LogP contribution in [-0.2, 0) is 6.42 Å². The number of ether oxygens (including phenoxy) is 2. The predicted molar refractivity (Wildman–Crippen MR) is 115 cm³/mol. The number of benzene rings is 2. The van der Waals surface area contributed by atoms with Gasteiger partial charge in [-0.1, -0.05) is 36.4 Å². The van der Waals surface area contributed by atoms with Crippen LogP contribution in [0.5, 0.6) is 11.5 Å². The molecule has 4 nitrogen and oxygen atoms in total. The molecule has 4 rings (SSSR count). The van der Waals surface area contributed by atoms with Crippen LogP contribution in [0.25, 0.3) is 16.5 Å². The second-order valence-electron chi connectivity index (χ2n) is 7.33. The first-order valence-corrected chi connectivity index (χ1v) is 9.99.